The van der Waals surface area contributed by atoms with Gasteiger partial charge in [-0.25, -0.2) is 0 Å². The Morgan fingerprint density at radius 3 is 2.21 bits per heavy atom. The van der Waals surface area contributed by atoms with Gasteiger partial charge in [0, 0.05) is 32.0 Å². The number of unbranched alkanes of at least 4 members (excludes halogenated alkanes) is 1. The second-order valence-corrected chi connectivity index (χ2v) is 6.55. The largest absolute Gasteiger partial charge is 0.381 e. The smallest absolute Gasteiger partial charge is 0.0659 e. The van der Waals surface area contributed by atoms with Gasteiger partial charge in [-0.2, -0.15) is 0 Å². The first-order valence-corrected chi connectivity index (χ1v) is 10.5. The van der Waals surface area contributed by atoms with E-state index in [2.05, 4.69) is 43.4 Å². The summed E-state index contributed by atoms with van der Waals surface area (Å²) >= 11 is 0. The van der Waals surface area contributed by atoms with Crippen LogP contribution < -0.4 is 0 Å². The molecule has 3 nitrogen and oxygen atoms in total. The molecule has 0 aromatic rings. The zero-order valence-electron chi connectivity index (χ0n) is 18.3. The summed E-state index contributed by atoms with van der Waals surface area (Å²) in [5.41, 5.74) is 4.44. The van der Waals surface area contributed by atoms with E-state index in [1.54, 1.807) is 6.20 Å². The van der Waals surface area contributed by atoms with Crippen molar-refractivity contribution in [1.29, 1.82) is 0 Å². The van der Waals surface area contributed by atoms with Gasteiger partial charge in [-0.05, 0) is 50.7 Å². The van der Waals surface area contributed by atoms with Crippen LogP contribution in [0.4, 0.5) is 0 Å². The van der Waals surface area contributed by atoms with E-state index in [-0.39, 0.29) is 7.43 Å². The molecule has 2 heterocycles. The number of rotatable bonds is 6. The molecule has 0 saturated carbocycles. The van der Waals surface area contributed by atoms with Crippen molar-refractivity contribution in [3.8, 4) is 0 Å². The molecular formula is C25H44N2O. The van der Waals surface area contributed by atoms with Gasteiger partial charge in [0.15, 0.2) is 0 Å². The SMILES string of the molecule is C.C1CCOCC1.C=C/C(=C\CC)C1=CN=C(C(C)=N/C=C\C)C1.CCCC. The van der Waals surface area contributed by atoms with Crippen LogP contribution in [0, 0.1) is 0 Å². The number of allylic oxidation sites excluding steroid dienone is 5. The molecule has 1 fully saturated rings. The molecule has 0 aliphatic carbocycles. The van der Waals surface area contributed by atoms with Crippen LogP contribution in [0.5, 0.6) is 0 Å². The summed E-state index contributed by atoms with van der Waals surface area (Å²) in [6.45, 7) is 16.3. The first-order chi connectivity index (χ1) is 13.1. The van der Waals surface area contributed by atoms with Gasteiger partial charge < -0.3 is 4.74 Å². The molecule has 0 radical (unpaired) electrons. The summed E-state index contributed by atoms with van der Waals surface area (Å²) < 4.78 is 5.07. The van der Waals surface area contributed by atoms with Crippen molar-refractivity contribution in [2.24, 2.45) is 9.98 Å². The fourth-order valence-electron chi connectivity index (χ4n) is 2.34. The number of hydrogen-bond acceptors (Lipinski definition) is 3. The summed E-state index contributed by atoms with van der Waals surface area (Å²) in [5.74, 6) is 0. The van der Waals surface area contributed by atoms with Gasteiger partial charge >= 0.3 is 0 Å². The van der Waals surface area contributed by atoms with Gasteiger partial charge in [-0.1, -0.05) is 65.8 Å². The van der Waals surface area contributed by atoms with Crippen LogP contribution in [0.2, 0.25) is 0 Å². The Labute approximate surface area is 175 Å². The average molecular weight is 389 g/mol. The third-order valence-corrected chi connectivity index (χ3v) is 4.16. The van der Waals surface area contributed by atoms with Gasteiger partial charge in [-0.3, -0.25) is 9.98 Å². The van der Waals surface area contributed by atoms with Crippen molar-refractivity contribution in [3.63, 3.8) is 0 Å². The zero-order valence-corrected chi connectivity index (χ0v) is 18.3. The van der Waals surface area contributed by atoms with E-state index in [1.807, 2.05) is 32.2 Å². The molecule has 1 saturated heterocycles. The second kappa shape index (κ2) is 20.0. The number of nitrogens with zero attached hydrogens (tertiary/aromatic N) is 2. The Morgan fingerprint density at radius 1 is 1.18 bits per heavy atom. The van der Waals surface area contributed by atoms with Gasteiger partial charge in [0.05, 0.1) is 11.4 Å². The lowest BCUT2D eigenvalue weighted by Gasteiger charge is -2.08. The molecule has 0 spiro atoms. The van der Waals surface area contributed by atoms with E-state index in [4.69, 9.17) is 4.74 Å². The van der Waals surface area contributed by atoms with Crippen LogP contribution in [0.3, 0.4) is 0 Å². The van der Waals surface area contributed by atoms with Crippen molar-refractivity contribution in [2.75, 3.05) is 13.2 Å². The highest BCUT2D eigenvalue weighted by atomic mass is 16.5. The fourth-order valence-corrected chi connectivity index (χ4v) is 2.34. The lowest BCUT2D eigenvalue weighted by atomic mass is 10.0. The van der Waals surface area contributed by atoms with Gasteiger partial charge in [0.25, 0.3) is 0 Å². The fraction of sp³-hybridized carbons (Fsp3) is 0.600. The third-order valence-electron chi connectivity index (χ3n) is 4.16. The minimum absolute atomic E-state index is 0. The predicted molar refractivity (Wildman–Crippen MR) is 129 cm³/mol. The number of ether oxygens (including phenoxy) is 1. The molecule has 0 aromatic heterocycles. The van der Waals surface area contributed by atoms with Gasteiger partial charge in [-0.15, -0.1) is 0 Å². The summed E-state index contributed by atoms with van der Waals surface area (Å²) in [7, 11) is 0. The van der Waals surface area contributed by atoms with Crippen molar-refractivity contribution >= 4 is 11.4 Å². The van der Waals surface area contributed by atoms with Gasteiger partial charge in [0.1, 0.15) is 0 Å². The van der Waals surface area contributed by atoms with Crippen LogP contribution in [0.1, 0.15) is 87.0 Å². The van der Waals surface area contributed by atoms with E-state index < -0.39 is 0 Å². The molecule has 3 heteroatoms. The van der Waals surface area contributed by atoms with Gasteiger partial charge in [0.2, 0.25) is 0 Å². The van der Waals surface area contributed by atoms with Crippen molar-refractivity contribution in [1.82, 2.24) is 0 Å². The molecule has 0 atom stereocenters. The van der Waals surface area contributed by atoms with E-state index in [0.717, 1.165) is 37.5 Å². The monoisotopic (exact) mass is 388 g/mol. The lowest BCUT2D eigenvalue weighted by Crippen LogP contribution is -2.08. The molecular weight excluding hydrogens is 344 g/mol. The van der Waals surface area contributed by atoms with E-state index >= 15 is 0 Å². The minimum Gasteiger partial charge on any atom is -0.381 e. The van der Waals surface area contributed by atoms with Crippen molar-refractivity contribution < 1.29 is 4.74 Å². The lowest BCUT2D eigenvalue weighted by molar-refractivity contribution is 0.0968. The average Bonchev–Trinajstić information content (AvgIpc) is 3.22. The Kier molecular flexibility index (Phi) is 20.3. The highest BCUT2D eigenvalue weighted by Crippen LogP contribution is 2.22. The minimum atomic E-state index is 0. The van der Waals surface area contributed by atoms with Crippen LogP contribution in [-0.4, -0.2) is 24.6 Å². The molecule has 2 aliphatic rings. The van der Waals surface area contributed by atoms with Crippen LogP contribution in [0.25, 0.3) is 0 Å². The van der Waals surface area contributed by atoms with Crippen LogP contribution in [0.15, 0.2) is 58.3 Å². The Morgan fingerprint density at radius 2 is 1.82 bits per heavy atom. The van der Waals surface area contributed by atoms with Crippen LogP contribution in [-0.2, 0) is 4.74 Å². The second-order valence-electron chi connectivity index (χ2n) is 6.55. The summed E-state index contributed by atoms with van der Waals surface area (Å²) in [6.07, 6.45) is 18.1. The molecule has 2 aliphatic heterocycles. The number of hydrogen-bond donors (Lipinski definition) is 0. The Hall–Kier alpha value is -1.74. The van der Waals surface area contributed by atoms with E-state index in [0.29, 0.717) is 0 Å². The molecule has 0 bridgehead atoms. The number of aliphatic imine (C=N–C) groups is 2. The Bertz CT molecular complexity index is 533. The quantitative estimate of drug-likeness (QED) is 0.337. The maximum absolute atomic E-state index is 5.07. The summed E-state index contributed by atoms with van der Waals surface area (Å²) in [4.78, 5) is 8.74. The zero-order chi connectivity index (χ0) is 20.3. The topological polar surface area (TPSA) is 34.0 Å². The standard InChI is InChI=1S/C15H20N2.C5H10O.C4H10.CH4/c1-5-8-13(7-3)14-10-15(17-11-14)12(4)16-9-6-2;1-2-4-6-5-3-1;1-3-4-2;/h6-9,11H,3,5,10H2,1-2,4H3;1-5H2;3-4H2,1-2H3;1H4/b9-6-,13-8+,16-12?;;;. The summed E-state index contributed by atoms with van der Waals surface area (Å²) in [6, 6.07) is 0. The maximum atomic E-state index is 5.07. The van der Waals surface area contributed by atoms with Crippen LogP contribution >= 0.6 is 0 Å². The molecule has 0 unspecified atom stereocenters. The normalized spacial score (nSPS) is 16.8. The first-order valence-electron chi connectivity index (χ1n) is 10.5. The highest BCUT2D eigenvalue weighted by Gasteiger charge is 2.14. The molecule has 28 heavy (non-hydrogen) atoms. The third kappa shape index (κ3) is 13.4. The molecule has 0 aromatic carbocycles. The van der Waals surface area contributed by atoms with Crippen molar-refractivity contribution in [2.45, 2.75) is 87.0 Å². The van der Waals surface area contributed by atoms with Crippen molar-refractivity contribution in [3.05, 3.63) is 48.4 Å². The predicted octanol–water partition coefficient (Wildman–Crippen LogP) is 7.86. The maximum Gasteiger partial charge on any atom is 0.0659 e. The molecule has 2 rings (SSSR count). The van der Waals surface area contributed by atoms with E-state index in [1.165, 1.54) is 43.3 Å². The Balaban J connectivity index is 0. The summed E-state index contributed by atoms with van der Waals surface area (Å²) in [5, 5.41) is 0. The molecule has 160 valence electrons. The highest BCUT2D eigenvalue weighted by molar-refractivity contribution is 6.42. The molecule has 0 N–H and O–H groups in total. The van der Waals surface area contributed by atoms with E-state index in [9.17, 15) is 0 Å². The molecule has 0 amide bonds. The first kappa shape index (κ1) is 28.5.